The van der Waals surface area contributed by atoms with Crippen molar-refractivity contribution in [3.8, 4) is 11.1 Å². The summed E-state index contributed by atoms with van der Waals surface area (Å²) in [5.41, 5.74) is 3.69. The van der Waals surface area contributed by atoms with Gasteiger partial charge in [0.1, 0.15) is 6.61 Å². The monoisotopic (exact) mass is 440 g/mol. The number of hydrogen-bond donors (Lipinski definition) is 4. The van der Waals surface area contributed by atoms with Crippen LogP contribution in [0, 0.1) is 5.41 Å². The van der Waals surface area contributed by atoms with E-state index in [1.54, 1.807) is 13.8 Å². The molecule has 170 valence electrons. The smallest absolute Gasteiger partial charge is 0.407 e. The van der Waals surface area contributed by atoms with Crippen LogP contribution < -0.4 is 10.6 Å². The Morgan fingerprint density at radius 3 is 2.12 bits per heavy atom. The molecule has 0 fully saturated rings. The molecule has 0 radical (unpaired) electrons. The van der Waals surface area contributed by atoms with Crippen molar-refractivity contribution >= 4 is 18.0 Å². The van der Waals surface area contributed by atoms with Gasteiger partial charge in [-0.15, -0.1) is 0 Å². The molecule has 0 saturated heterocycles. The molecule has 1 unspecified atom stereocenters. The summed E-state index contributed by atoms with van der Waals surface area (Å²) >= 11 is 0. The van der Waals surface area contributed by atoms with Crippen LogP contribution in [0.2, 0.25) is 0 Å². The molecule has 2 aromatic rings. The minimum Gasteiger partial charge on any atom is -0.479 e. The van der Waals surface area contributed by atoms with Crippen LogP contribution in [-0.2, 0) is 14.3 Å². The number of aliphatic hydroxyl groups is 1. The van der Waals surface area contributed by atoms with Crippen molar-refractivity contribution < 1.29 is 29.3 Å². The lowest BCUT2D eigenvalue weighted by Gasteiger charge is -2.24. The van der Waals surface area contributed by atoms with Gasteiger partial charge in [0, 0.05) is 17.9 Å². The second-order valence-corrected chi connectivity index (χ2v) is 8.45. The normalized spacial score (nSPS) is 13.6. The quantitative estimate of drug-likeness (QED) is 0.475. The van der Waals surface area contributed by atoms with Gasteiger partial charge in [-0.3, -0.25) is 4.79 Å². The minimum absolute atomic E-state index is 0.0315. The third-order valence-electron chi connectivity index (χ3n) is 5.72. The number of hydrogen-bond acceptors (Lipinski definition) is 5. The molecule has 4 N–H and O–H groups in total. The van der Waals surface area contributed by atoms with Gasteiger partial charge in [0.2, 0.25) is 5.91 Å². The van der Waals surface area contributed by atoms with Crippen molar-refractivity contribution in [2.24, 2.45) is 5.41 Å². The molecule has 0 aliphatic heterocycles. The lowest BCUT2D eigenvalue weighted by atomic mass is 9.88. The summed E-state index contributed by atoms with van der Waals surface area (Å²) in [6.07, 6.45) is -1.91. The Morgan fingerprint density at radius 1 is 1.00 bits per heavy atom. The van der Waals surface area contributed by atoms with Gasteiger partial charge in [-0.1, -0.05) is 62.4 Å². The van der Waals surface area contributed by atoms with E-state index in [4.69, 9.17) is 9.84 Å². The molecule has 32 heavy (non-hydrogen) atoms. The van der Waals surface area contributed by atoms with E-state index in [2.05, 4.69) is 22.8 Å². The van der Waals surface area contributed by atoms with E-state index in [9.17, 15) is 19.5 Å². The molecule has 3 rings (SSSR count). The van der Waals surface area contributed by atoms with Crippen LogP contribution >= 0.6 is 0 Å². The highest BCUT2D eigenvalue weighted by atomic mass is 16.5. The topological polar surface area (TPSA) is 125 Å². The molecule has 0 bridgehead atoms. The number of benzene rings is 2. The Hall–Kier alpha value is -3.39. The number of aliphatic hydroxyl groups excluding tert-OH is 1. The molecule has 1 aliphatic carbocycles. The van der Waals surface area contributed by atoms with Gasteiger partial charge in [0.05, 0.1) is 6.54 Å². The van der Waals surface area contributed by atoms with Crippen LogP contribution in [0.15, 0.2) is 48.5 Å². The number of rotatable bonds is 9. The largest absolute Gasteiger partial charge is 0.479 e. The first-order valence-electron chi connectivity index (χ1n) is 10.5. The Labute approximate surface area is 186 Å². The van der Waals surface area contributed by atoms with Crippen molar-refractivity contribution in [3.63, 3.8) is 0 Å². The van der Waals surface area contributed by atoms with E-state index < -0.39 is 29.5 Å². The average Bonchev–Trinajstić information content (AvgIpc) is 3.09. The first-order chi connectivity index (χ1) is 15.2. The van der Waals surface area contributed by atoms with Crippen molar-refractivity contribution in [3.05, 3.63) is 59.7 Å². The third kappa shape index (κ3) is 5.26. The summed E-state index contributed by atoms with van der Waals surface area (Å²) in [4.78, 5) is 35.1. The Balaban J connectivity index is 1.48. The van der Waals surface area contributed by atoms with Gasteiger partial charge >= 0.3 is 12.1 Å². The fraction of sp³-hybridized carbons (Fsp3) is 0.375. The van der Waals surface area contributed by atoms with Crippen molar-refractivity contribution in [1.82, 2.24) is 10.6 Å². The molecule has 2 aromatic carbocycles. The van der Waals surface area contributed by atoms with Gasteiger partial charge in [0.25, 0.3) is 0 Å². The van der Waals surface area contributed by atoms with Gasteiger partial charge < -0.3 is 25.6 Å². The van der Waals surface area contributed by atoms with Crippen LogP contribution in [0.5, 0.6) is 0 Å². The summed E-state index contributed by atoms with van der Waals surface area (Å²) in [7, 11) is 0. The van der Waals surface area contributed by atoms with E-state index in [1.807, 2.05) is 36.4 Å². The fourth-order valence-electron chi connectivity index (χ4n) is 3.76. The average molecular weight is 440 g/mol. The summed E-state index contributed by atoms with van der Waals surface area (Å²) in [6.45, 7) is 3.39. The molecular formula is C24H28N2O6. The number of carbonyl (C=O) groups is 3. The van der Waals surface area contributed by atoms with Gasteiger partial charge in [-0.2, -0.15) is 0 Å². The highest BCUT2D eigenvalue weighted by Gasteiger charge is 2.30. The zero-order valence-corrected chi connectivity index (χ0v) is 18.1. The molecule has 8 nitrogen and oxygen atoms in total. The Morgan fingerprint density at radius 2 is 1.56 bits per heavy atom. The zero-order valence-electron chi connectivity index (χ0n) is 18.1. The van der Waals surface area contributed by atoms with Crippen LogP contribution in [0.4, 0.5) is 4.79 Å². The van der Waals surface area contributed by atoms with Crippen LogP contribution in [-0.4, -0.2) is 54.0 Å². The summed E-state index contributed by atoms with van der Waals surface area (Å²) < 4.78 is 5.47. The lowest BCUT2D eigenvalue weighted by Crippen LogP contribution is -2.44. The maximum absolute atomic E-state index is 12.2. The molecule has 0 saturated carbocycles. The highest BCUT2D eigenvalue weighted by molar-refractivity contribution is 5.83. The SMILES string of the molecule is CC(C)(CCNC(=O)OCC1c2ccccc2-c2ccccc21)C(=O)NCC(O)C(=O)O. The first kappa shape index (κ1) is 23.3. The number of alkyl carbamates (subject to hydrolysis) is 1. The molecule has 0 spiro atoms. The lowest BCUT2D eigenvalue weighted by molar-refractivity contribution is -0.146. The number of amides is 2. The van der Waals surface area contributed by atoms with Crippen molar-refractivity contribution in [2.75, 3.05) is 19.7 Å². The van der Waals surface area contributed by atoms with E-state index in [-0.39, 0.29) is 25.6 Å². The predicted molar refractivity (Wildman–Crippen MR) is 118 cm³/mol. The predicted octanol–water partition coefficient (Wildman–Crippen LogP) is 2.50. The molecule has 0 heterocycles. The summed E-state index contributed by atoms with van der Waals surface area (Å²) in [5.74, 6) is -1.84. The zero-order chi connectivity index (χ0) is 23.3. The second kappa shape index (κ2) is 9.82. The van der Waals surface area contributed by atoms with Crippen LogP contribution in [0.1, 0.15) is 37.3 Å². The highest BCUT2D eigenvalue weighted by Crippen LogP contribution is 2.44. The summed E-state index contributed by atoms with van der Waals surface area (Å²) in [5, 5.41) is 23.0. The fourth-order valence-corrected chi connectivity index (χ4v) is 3.76. The molecule has 0 aromatic heterocycles. The van der Waals surface area contributed by atoms with Gasteiger partial charge in [-0.25, -0.2) is 9.59 Å². The Bertz CT molecular complexity index is 958. The third-order valence-corrected chi connectivity index (χ3v) is 5.72. The number of fused-ring (bicyclic) bond motifs is 3. The number of ether oxygens (including phenoxy) is 1. The second-order valence-electron chi connectivity index (χ2n) is 8.45. The maximum Gasteiger partial charge on any atom is 0.407 e. The molecule has 2 amide bonds. The van der Waals surface area contributed by atoms with E-state index in [0.29, 0.717) is 6.42 Å². The van der Waals surface area contributed by atoms with Crippen molar-refractivity contribution in [1.29, 1.82) is 0 Å². The maximum atomic E-state index is 12.2. The first-order valence-corrected chi connectivity index (χ1v) is 10.5. The molecule has 1 aliphatic rings. The van der Waals surface area contributed by atoms with E-state index in [1.165, 1.54) is 0 Å². The number of carboxylic acids is 1. The standard InChI is InChI=1S/C24H28N2O6/c1-24(2,22(30)26-13-20(27)21(28)29)11-12-25-23(31)32-14-19-17-9-5-3-7-15(17)16-8-4-6-10-18(16)19/h3-10,19-20,27H,11-14H2,1-2H3,(H,25,31)(H,26,30)(H,28,29). The van der Waals surface area contributed by atoms with Crippen LogP contribution in [0.3, 0.4) is 0 Å². The number of aliphatic carboxylic acids is 1. The molecular weight excluding hydrogens is 412 g/mol. The van der Waals surface area contributed by atoms with Crippen molar-refractivity contribution in [2.45, 2.75) is 32.3 Å². The van der Waals surface area contributed by atoms with Gasteiger partial charge in [0.15, 0.2) is 6.10 Å². The number of carbonyl (C=O) groups excluding carboxylic acids is 2. The van der Waals surface area contributed by atoms with E-state index >= 15 is 0 Å². The van der Waals surface area contributed by atoms with E-state index in [0.717, 1.165) is 22.3 Å². The number of nitrogens with one attached hydrogen (secondary N) is 2. The van der Waals surface area contributed by atoms with Gasteiger partial charge in [-0.05, 0) is 28.7 Å². The molecule has 1 atom stereocenters. The summed E-state index contributed by atoms with van der Waals surface area (Å²) in [6, 6.07) is 16.2. The molecule has 8 heteroatoms. The minimum atomic E-state index is -1.66. The Kier molecular flexibility index (Phi) is 7.15. The number of carboxylic acid groups (broad SMARTS) is 1. The van der Waals surface area contributed by atoms with Crippen LogP contribution in [0.25, 0.3) is 11.1 Å².